The number of hydrogen-bond acceptors (Lipinski definition) is 6. The maximum atomic E-state index is 12.7. The Bertz CT molecular complexity index is 498. The Morgan fingerprint density at radius 1 is 1.41 bits per heavy atom. The van der Waals surface area contributed by atoms with Crippen LogP contribution in [0.4, 0.5) is 9.18 Å². The summed E-state index contributed by atoms with van der Waals surface area (Å²) in [6, 6.07) is 4.75. The first kappa shape index (κ1) is 13.4. The molecule has 0 fully saturated rings. The summed E-state index contributed by atoms with van der Waals surface area (Å²) in [5.74, 6) is -1.66. The molecule has 6 nitrogen and oxygen atoms in total. The molecule has 0 atom stereocenters. The fourth-order valence-corrected chi connectivity index (χ4v) is 1.16. The third-order valence-corrected chi connectivity index (χ3v) is 2.49. The van der Waals surface area contributed by atoms with E-state index in [2.05, 4.69) is 13.7 Å². The zero-order valence-corrected chi connectivity index (χ0v) is 9.57. The molecule has 0 heterocycles. The molecule has 0 radical (unpaired) electrons. The molecule has 8 heteroatoms. The number of benzene rings is 1. The molecule has 1 rings (SSSR count). The van der Waals surface area contributed by atoms with Crippen LogP contribution in [0, 0.1) is 5.82 Å². The fraction of sp³-hybridized carbons (Fsp3) is 0.222. The van der Waals surface area contributed by atoms with Crippen LogP contribution in [-0.2, 0) is 19.0 Å². The van der Waals surface area contributed by atoms with Crippen LogP contribution in [0.15, 0.2) is 24.3 Å². The lowest BCUT2D eigenvalue weighted by Gasteiger charge is -2.05. The molecule has 0 aromatic heterocycles. The van der Waals surface area contributed by atoms with Gasteiger partial charge in [-0.1, -0.05) is 6.07 Å². The Labute approximate surface area is 97.0 Å². The number of halogens is 1. The molecule has 1 aromatic carbocycles. The minimum absolute atomic E-state index is 0.0928. The molecule has 0 aliphatic heterocycles. The fourth-order valence-electron chi connectivity index (χ4n) is 0.825. The van der Waals surface area contributed by atoms with Gasteiger partial charge in [0.05, 0.1) is 7.11 Å². The monoisotopic (exact) mass is 264 g/mol. The molecule has 1 aromatic rings. The van der Waals surface area contributed by atoms with Gasteiger partial charge in [0.2, 0.25) is 5.94 Å². The first-order valence-electron chi connectivity index (χ1n) is 4.31. The normalized spacial score (nSPS) is 10.9. The number of hydrogen-bond donors (Lipinski definition) is 0. The van der Waals surface area contributed by atoms with Gasteiger partial charge in [-0.15, -0.1) is 0 Å². The Morgan fingerprint density at radius 3 is 2.71 bits per heavy atom. The molecular weight excluding hydrogens is 255 g/mol. The van der Waals surface area contributed by atoms with E-state index in [4.69, 9.17) is 0 Å². The van der Waals surface area contributed by atoms with Gasteiger partial charge in [0.15, 0.2) is 0 Å². The zero-order chi connectivity index (χ0) is 12.9. The van der Waals surface area contributed by atoms with E-state index in [1.807, 2.05) is 0 Å². The second kappa shape index (κ2) is 5.60. The molecule has 0 saturated carbocycles. The SMILES string of the molecule is COS(=O)(=O)COC(=O)Oc1cccc(F)c1. The van der Waals surface area contributed by atoms with Gasteiger partial charge < -0.3 is 9.47 Å². The van der Waals surface area contributed by atoms with Crippen molar-refractivity contribution < 1.29 is 31.3 Å². The lowest BCUT2D eigenvalue weighted by atomic mass is 10.3. The molecular formula is C9H9FO6S. The topological polar surface area (TPSA) is 78.9 Å². The van der Waals surface area contributed by atoms with Crippen LogP contribution in [0.5, 0.6) is 5.75 Å². The van der Waals surface area contributed by atoms with Crippen LogP contribution in [0.25, 0.3) is 0 Å². The second-order valence-corrected chi connectivity index (χ2v) is 4.48. The Kier molecular flexibility index (Phi) is 4.41. The molecule has 0 aliphatic carbocycles. The molecule has 0 aliphatic rings. The Balaban J connectivity index is 2.51. The van der Waals surface area contributed by atoms with Crippen molar-refractivity contribution in [1.29, 1.82) is 0 Å². The van der Waals surface area contributed by atoms with Crippen molar-refractivity contribution in [1.82, 2.24) is 0 Å². The summed E-state index contributed by atoms with van der Waals surface area (Å²) in [5.41, 5.74) is 0. The molecule has 0 amide bonds. The summed E-state index contributed by atoms with van der Waals surface area (Å²) < 4.78 is 47.1. The predicted octanol–water partition coefficient (Wildman–Crippen LogP) is 1.27. The lowest BCUT2D eigenvalue weighted by molar-refractivity contribution is 0.112. The van der Waals surface area contributed by atoms with Crippen LogP contribution in [0.3, 0.4) is 0 Å². The largest absolute Gasteiger partial charge is 0.514 e. The third-order valence-electron chi connectivity index (χ3n) is 1.57. The van der Waals surface area contributed by atoms with Crippen molar-refractivity contribution in [3.63, 3.8) is 0 Å². The van der Waals surface area contributed by atoms with E-state index in [0.29, 0.717) is 0 Å². The second-order valence-electron chi connectivity index (χ2n) is 2.80. The molecule has 0 N–H and O–H groups in total. The Morgan fingerprint density at radius 2 is 2.12 bits per heavy atom. The highest BCUT2D eigenvalue weighted by Gasteiger charge is 2.14. The molecule has 17 heavy (non-hydrogen) atoms. The van der Waals surface area contributed by atoms with Gasteiger partial charge in [0.25, 0.3) is 0 Å². The molecule has 0 bridgehead atoms. The summed E-state index contributed by atoms with van der Waals surface area (Å²) in [7, 11) is -2.98. The smallest absolute Gasteiger partial charge is 0.415 e. The molecule has 0 spiro atoms. The van der Waals surface area contributed by atoms with Gasteiger partial charge in [-0.2, -0.15) is 8.42 Å². The number of rotatable bonds is 4. The summed E-state index contributed by atoms with van der Waals surface area (Å²) in [4.78, 5) is 11.0. The lowest BCUT2D eigenvalue weighted by Crippen LogP contribution is -2.18. The Hall–Kier alpha value is -1.67. The van der Waals surface area contributed by atoms with E-state index in [0.717, 1.165) is 19.2 Å². The predicted molar refractivity (Wildman–Crippen MR) is 54.3 cm³/mol. The highest BCUT2D eigenvalue weighted by molar-refractivity contribution is 7.86. The van der Waals surface area contributed by atoms with Gasteiger partial charge >= 0.3 is 16.3 Å². The van der Waals surface area contributed by atoms with E-state index < -0.39 is 28.0 Å². The highest BCUT2D eigenvalue weighted by Crippen LogP contribution is 2.12. The average molecular weight is 264 g/mol. The van der Waals surface area contributed by atoms with Crippen molar-refractivity contribution in [3.8, 4) is 5.75 Å². The maximum Gasteiger partial charge on any atom is 0.514 e. The minimum atomic E-state index is -3.91. The highest BCUT2D eigenvalue weighted by atomic mass is 32.2. The zero-order valence-electron chi connectivity index (χ0n) is 8.75. The van der Waals surface area contributed by atoms with Gasteiger partial charge in [-0.25, -0.2) is 9.18 Å². The van der Waals surface area contributed by atoms with E-state index in [-0.39, 0.29) is 5.75 Å². The van der Waals surface area contributed by atoms with E-state index >= 15 is 0 Å². The van der Waals surface area contributed by atoms with Gasteiger partial charge in [0, 0.05) is 6.07 Å². The first-order valence-corrected chi connectivity index (χ1v) is 5.89. The van der Waals surface area contributed by atoms with Crippen molar-refractivity contribution in [2.45, 2.75) is 0 Å². The first-order chi connectivity index (χ1) is 7.93. The number of carbonyl (C=O) groups is 1. The summed E-state index contributed by atoms with van der Waals surface area (Å²) in [5, 5.41) is 0. The molecule has 0 unspecified atom stereocenters. The van der Waals surface area contributed by atoms with Gasteiger partial charge in [-0.05, 0) is 12.1 Å². The average Bonchev–Trinajstić information content (AvgIpc) is 2.27. The summed E-state index contributed by atoms with van der Waals surface area (Å²) >= 11 is 0. The molecule has 94 valence electrons. The molecule has 0 saturated heterocycles. The van der Waals surface area contributed by atoms with E-state index in [9.17, 15) is 17.6 Å². The van der Waals surface area contributed by atoms with E-state index in [1.54, 1.807) is 0 Å². The van der Waals surface area contributed by atoms with Crippen molar-refractivity contribution in [2.75, 3.05) is 13.0 Å². The van der Waals surface area contributed by atoms with Crippen LogP contribution < -0.4 is 4.74 Å². The maximum absolute atomic E-state index is 12.7. The summed E-state index contributed by atoms with van der Waals surface area (Å²) in [6.45, 7) is 0. The van der Waals surface area contributed by atoms with Gasteiger partial charge in [-0.3, -0.25) is 4.18 Å². The van der Waals surface area contributed by atoms with Crippen molar-refractivity contribution >= 4 is 16.3 Å². The van der Waals surface area contributed by atoms with E-state index in [1.165, 1.54) is 12.1 Å². The van der Waals surface area contributed by atoms with Crippen molar-refractivity contribution in [2.24, 2.45) is 0 Å². The van der Waals surface area contributed by atoms with Crippen molar-refractivity contribution in [3.05, 3.63) is 30.1 Å². The quantitative estimate of drug-likeness (QED) is 0.463. The van der Waals surface area contributed by atoms with Crippen LogP contribution in [-0.4, -0.2) is 27.6 Å². The van der Waals surface area contributed by atoms with Crippen LogP contribution >= 0.6 is 0 Å². The third kappa shape index (κ3) is 4.79. The number of carbonyl (C=O) groups excluding carboxylic acids is 1. The van der Waals surface area contributed by atoms with Gasteiger partial charge in [0.1, 0.15) is 11.6 Å². The standard InChI is InChI=1S/C9H9FO6S/c1-14-17(12,13)6-15-9(11)16-8-4-2-3-7(10)5-8/h2-5H,6H2,1H3. The minimum Gasteiger partial charge on any atom is -0.415 e. The summed E-state index contributed by atoms with van der Waals surface area (Å²) in [6.07, 6.45) is -1.27. The van der Waals surface area contributed by atoms with Crippen LogP contribution in [0.2, 0.25) is 0 Å². The number of ether oxygens (including phenoxy) is 2. The van der Waals surface area contributed by atoms with Crippen LogP contribution in [0.1, 0.15) is 0 Å².